The van der Waals surface area contributed by atoms with Gasteiger partial charge in [-0.2, -0.15) is 0 Å². The molecule has 5 atom stereocenters. The molecule has 96 valence electrons. The highest BCUT2D eigenvalue weighted by molar-refractivity contribution is 5.79. The lowest BCUT2D eigenvalue weighted by molar-refractivity contribution is -0.133. The van der Waals surface area contributed by atoms with Gasteiger partial charge in [-0.1, -0.05) is 0 Å². The maximum Gasteiger partial charge on any atom is 0.225 e. The van der Waals surface area contributed by atoms with E-state index in [4.69, 9.17) is 15.2 Å². The van der Waals surface area contributed by atoms with Gasteiger partial charge in [-0.05, 0) is 19.3 Å². The first-order valence-corrected chi connectivity index (χ1v) is 6.52. The van der Waals surface area contributed by atoms with E-state index >= 15 is 0 Å². The van der Waals surface area contributed by atoms with Gasteiger partial charge in [0.15, 0.2) is 0 Å². The van der Waals surface area contributed by atoms with Crippen molar-refractivity contribution >= 4 is 5.91 Å². The average molecular weight is 240 g/mol. The van der Waals surface area contributed by atoms with Crippen LogP contribution in [0.15, 0.2) is 0 Å². The van der Waals surface area contributed by atoms with Crippen LogP contribution in [0, 0.1) is 11.8 Å². The number of carbonyl (C=O) groups is 1. The van der Waals surface area contributed by atoms with Crippen LogP contribution in [0.5, 0.6) is 0 Å². The van der Waals surface area contributed by atoms with Crippen molar-refractivity contribution < 1.29 is 14.3 Å². The van der Waals surface area contributed by atoms with Crippen LogP contribution in [-0.2, 0) is 14.3 Å². The third-order valence-electron chi connectivity index (χ3n) is 4.29. The van der Waals surface area contributed by atoms with Crippen molar-refractivity contribution in [1.29, 1.82) is 0 Å². The van der Waals surface area contributed by atoms with Crippen molar-refractivity contribution in [2.24, 2.45) is 17.6 Å². The van der Waals surface area contributed by atoms with Gasteiger partial charge in [0.2, 0.25) is 5.91 Å². The summed E-state index contributed by atoms with van der Waals surface area (Å²) in [4.78, 5) is 12.0. The molecule has 17 heavy (non-hydrogen) atoms. The summed E-state index contributed by atoms with van der Waals surface area (Å²) in [6.45, 7) is 2.10. The Bertz CT molecular complexity index is 304. The van der Waals surface area contributed by atoms with Gasteiger partial charge in [-0.25, -0.2) is 0 Å². The molecule has 3 aliphatic rings. The molecule has 5 nitrogen and oxygen atoms in total. The molecule has 2 saturated heterocycles. The first-order valence-electron chi connectivity index (χ1n) is 6.52. The third kappa shape index (κ3) is 1.96. The predicted octanol–water partition coefficient (Wildman–Crippen LogP) is -0.356. The number of nitrogens with one attached hydrogen (secondary N) is 1. The Kier molecular flexibility index (Phi) is 3.06. The Morgan fingerprint density at radius 3 is 2.94 bits per heavy atom. The summed E-state index contributed by atoms with van der Waals surface area (Å²) in [5, 5.41) is 3.04. The summed E-state index contributed by atoms with van der Waals surface area (Å²) in [5.74, 6) is 0.526. The van der Waals surface area contributed by atoms with E-state index in [2.05, 4.69) is 5.32 Å². The Labute approximate surface area is 101 Å². The van der Waals surface area contributed by atoms with Gasteiger partial charge < -0.3 is 20.5 Å². The fourth-order valence-electron chi connectivity index (χ4n) is 3.16. The molecule has 2 heterocycles. The molecule has 2 aliphatic heterocycles. The molecule has 1 aliphatic carbocycles. The molecule has 0 radical (unpaired) electrons. The van der Waals surface area contributed by atoms with Crippen LogP contribution in [0.2, 0.25) is 0 Å². The number of nitrogens with two attached hydrogens (primary N) is 1. The van der Waals surface area contributed by atoms with Crippen LogP contribution in [0.4, 0.5) is 0 Å². The van der Waals surface area contributed by atoms with Crippen molar-refractivity contribution in [3.63, 3.8) is 0 Å². The van der Waals surface area contributed by atoms with Crippen LogP contribution in [0.1, 0.15) is 19.3 Å². The Balaban J connectivity index is 1.54. The number of hydrogen-bond acceptors (Lipinski definition) is 4. The number of carbonyl (C=O) groups excluding carboxylic acids is 1. The average Bonchev–Trinajstić information content (AvgIpc) is 2.81. The molecular formula is C12H20N2O3. The van der Waals surface area contributed by atoms with Crippen LogP contribution >= 0.6 is 0 Å². The first kappa shape index (κ1) is 11.4. The van der Waals surface area contributed by atoms with Crippen molar-refractivity contribution in [2.45, 2.75) is 37.5 Å². The highest BCUT2D eigenvalue weighted by Gasteiger charge is 2.52. The highest BCUT2D eigenvalue weighted by atomic mass is 16.5. The Morgan fingerprint density at radius 2 is 2.18 bits per heavy atom. The number of fused-ring (bicyclic) bond motifs is 1. The quantitative estimate of drug-likeness (QED) is 0.691. The van der Waals surface area contributed by atoms with Gasteiger partial charge in [-0.15, -0.1) is 0 Å². The zero-order valence-electron chi connectivity index (χ0n) is 9.93. The van der Waals surface area contributed by atoms with Gasteiger partial charge in [-0.3, -0.25) is 4.79 Å². The van der Waals surface area contributed by atoms with Gasteiger partial charge >= 0.3 is 0 Å². The maximum absolute atomic E-state index is 12.0. The van der Waals surface area contributed by atoms with E-state index in [1.807, 2.05) is 0 Å². The lowest BCUT2D eigenvalue weighted by atomic mass is 9.72. The van der Waals surface area contributed by atoms with E-state index in [1.165, 1.54) is 0 Å². The molecule has 0 bridgehead atoms. The first-order chi connectivity index (χ1) is 8.27. The minimum atomic E-state index is -0.00333. The minimum absolute atomic E-state index is 0.00333. The second-order valence-electron chi connectivity index (χ2n) is 5.31. The fourth-order valence-corrected chi connectivity index (χ4v) is 3.16. The van der Waals surface area contributed by atoms with Crippen LogP contribution in [0.25, 0.3) is 0 Å². The molecule has 1 amide bonds. The van der Waals surface area contributed by atoms with Crippen molar-refractivity contribution in [1.82, 2.24) is 5.32 Å². The summed E-state index contributed by atoms with van der Waals surface area (Å²) < 4.78 is 10.9. The normalized spacial score (nSPS) is 44.9. The summed E-state index contributed by atoms with van der Waals surface area (Å²) in [6, 6.07) is 0.0767. The minimum Gasteiger partial charge on any atom is -0.381 e. The molecule has 0 aromatic heterocycles. The maximum atomic E-state index is 12.0. The van der Waals surface area contributed by atoms with Gasteiger partial charge in [0, 0.05) is 25.2 Å². The van der Waals surface area contributed by atoms with E-state index in [-0.39, 0.29) is 30.0 Å². The largest absolute Gasteiger partial charge is 0.381 e. The van der Waals surface area contributed by atoms with Gasteiger partial charge in [0.05, 0.1) is 24.7 Å². The smallest absolute Gasteiger partial charge is 0.225 e. The lowest BCUT2D eigenvalue weighted by Crippen LogP contribution is -2.69. The number of rotatable bonds is 2. The topological polar surface area (TPSA) is 73.6 Å². The van der Waals surface area contributed by atoms with Crippen molar-refractivity contribution in [3.05, 3.63) is 0 Å². The van der Waals surface area contributed by atoms with E-state index in [0.717, 1.165) is 32.5 Å². The van der Waals surface area contributed by atoms with E-state index < -0.39 is 0 Å². The molecule has 3 fully saturated rings. The molecule has 5 unspecified atom stereocenters. The van der Waals surface area contributed by atoms with Crippen LogP contribution < -0.4 is 11.1 Å². The predicted molar refractivity (Wildman–Crippen MR) is 61.3 cm³/mol. The summed E-state index contributed by atoms with van der Waals surface area (Å²) in [7, 11) is 0. The van der Waals surface area contributed by atoms with Gasteiger partial charge in [0.1, 0.15) is 0 Å². The lowest BCUT2D eigenvalue weighted by Gasteiger charge is -2.46. The molecule has 3 N–H and O–H groups in total. The van der Waals surface area contributed by atoms with E-state index in [0.29, 0.717) is 12.5 Å². The number of ether oxygens (including phenoxy) is 2. The summed E-state index contributed by atoms with van der Waals surface area (Å²) in [5.41, 5.74) is 6.06. The fraction of sp³-hybridized carbons (Fsp3) is 0.917. The van der Waals surface area contributed by atoms with Crippen molar-refractivity contribution in [2.75, 3.05) is 19.8 Å². The SMILES string of the molecule is NC1C2CCOC2C1NC(=O)C1CCCOC1. The molecule has 5 heteroatoms. The number of hydrogen-bond donors (Lipinski definition) is 2. The molecule has 0 aromatic carbocycles. The monoisotopic (exact) mass is 240 g/mol. The zero-order valence-corrected chi connectivity index (χ0v) is 9.93. The Morgan fingerprint density at radius 1 is 1.29 bits per heavy atom. The van der Waals surface area contributed by atoms with Crippen LogP contribution in [0.3, 0.4) is 0 Å². The Hall–Kier alpha value is -0.650. The highest BCUT2D eigenvalue weighted by Crippen LogP contribution is 2.37. The third-order valence-corrected chi connectivity index (χ3v) is 4.29. The summed E-state index contributed by atoms with van der Waals surface area (Å²) >= 11 is 0. The molecule has 3 rings (SSSR count). The van der Waals surface area contributed by atoms with E-state index in [1.54, 1.807) is 0 Å². The number of amides is 1. The summed E-state index contributed by atoms with van der Waals surface area (Å²) in [6.07, 6.45) is 3.07. The molecule has 0 spiro atoms. The molecular weight excluding hydrogens is 220 g/mol. The standard InChI is InChI=1S/C12H20N2O3/c13-9-8-3-5-17-11(8)10(9)14-12(15)7-2-1-4-16-6-7/h7-11H,1-6,13H2,(H,14,15). The van der Waals surface area contributed by atoms with Gasteiger partial charge in [0.25, 0.3) is 0 Å². The van der Waals surface area contributed by atoms with Crippen molar-refractivity contribution in [3.8, 4) is 0 Å². The zero-order chi connectivity index (χ0) is 11.8. The molecule has 1 saturated carbocycles. The van der Waals surface area contributed by atoms with Crippen LogP contribution in [-0.4, -0.2) is 43.9 Å². The molecule has 0 aromatic rings. The van der Waals surface area contributed by atoms with E-state index in [9.17, 15) is 4.79 Å². The second-order valence-corrected chi connectivity index (χ2v) is 5.31. The second kappa shape index (κ2) is 4.55.